The van der Waals surface area contributed by atoms with Gasteiger partial charge in [-0.05, 0) is 84.1 Å². The lowest BCUT2D eigenvalue weighted by atomic mass is 9.85. The minimum atomic E-state index is -3.97. The molecule has 4 N–H and O–H groups in total. The van der Waals surface area contributed by atoms with Crippen molar-refractivity contribution < 1.29 is 23.1 Å². The number of nitrogens with one attached hydrogen (secondary N) is 3. The molecule has 3 aromatic rings. The molecule has 0 saturated heterocycles. The van der Waals surface area contributed by atoms with Crippen LogP contribution in [-0.2, 0) is 16.6 Å². The van der Waals surface area contributed by atoms with E-state index in [1.807, 2.05) is 19.9 Å². The number of aromatic nitrogens is 2. The van der Waals surface area contributed by atoms with Crippen molar-refractivity contribution in [2.75, 3.05) is 5.32 Å². The summed E-state index contributed by atoms with van der Waals surface area (Å²) in [6.07, 6.45) is 7.23. The van der Waals surface area contributed by atoms with Gasteiger partial charge in [-0.1, -0.05) is 12.1 Å². The van der Waals surface area contributed by atoms with Gasteiger partial charge >= 0.3 is 12.1 Å². The van der Waals surface area contributed by atoms with Crippen molar-refractivity contribution in [2.24, 2.45) is 0 Å². The van der Waals surface area contributed by atoms with Crippen LogP contribution in [0.25, 0.3) is 10.4 Å². The normalized spacial score (nSPS) is 17.4. The first-order chi connectivity index (χ1) is 20.2. The fourth-order valence-corrected chi connectivity index (χ4v) is 8.20. The smallest absolute Gasteiger partial charge is 0.407 e. The van der Waals surface area contributed by atoms with Crippen LogP contribution in [0, 0.1) is 0 Å². The molecule has 1 fully saturated rings. The van der Waals surface area contributed by atoms with E-state index in [0.29, 0.717) is 16.1 Å². The third kappa shape index (κ3) is 8.52. The van der Waals surface area contributed by atoms with Crippen LogP contribution in [0.3, 0.4) is 0 Å². The van der Waals surface area contributed by atoms with Crippen LogP contribution >= 0.6 is 11.3 Å². The monoisotopic (exact) mass is 628 g/mol. The van der Waals surface area contributed by atoms with Crippen LogP contribution in [0.4, 0.5) is 15.3 Å². The summed E-state index contributed by atoms with van der Waals surface area (Å²) >= 11 is 1.45. The second-order valence-electron chi connectivity index (χ2n) is 12.1. The summed E-state index contributed by atoms with van der Waals surface area (Å²) in [4.78, 5) is 35.3. The van der Waals surface area contributed by atoms with E-state index in [1.54, 1.807) is 57.6 Å². The lowest BCUT2D eigenvalue weighted by molar-refractivity contribution is 0.0906. The number of benzene rings is 1. The molecule has 0 aliphatic heterocycles. The van der Waals surface area contributed by atoms with Gasteiger partial charge in [0.1, 0.15) is 0 Å². The van der Waals surface area contributed by atoms with E-state index in [-0.39, 0.29) is 29.4 Å². The molecule has 0 unspecified atom stereocenters. The largest absolute Gasteiger partial charge is 0.465 e. The number of carboxylic acid groups (broad SMARTS) is 1. The Labute approximate surface area is 257 Å². The lowest BCUT2D eigenvalue weighted by Crippen LogP contribution is -2.45. The molecule has 13 heteroatoms. The zero-order chi connectivity index (χ0) is 31.4. The number of thiazole rings is 1. The van der Waals surface area contributed by atoms with Gasteiger partial charge in [-0.3, -0.25) is 4.98 Å². The minimum absolute atomic E-state index is 0.0185. The number of carbonyl (C=O) groups excluding carboxylic acids is 1. The van der Waals surface area contributed by atoms with Crippen molar-refractivity contribution in [1.29, 1.82) is 0 Å². The molecule has 0 atom stereocenters. The number of pyridine rings is 1. The van der Waals surface area contributed by atoms with E-state index >= 15 is 0 Å². The number of carbonyl (C=O) groups is 2. The first kappa shape index (κ1) is 32.4. The first-order valence-corrected chi connectivity index (χ1v) is 16.6. The molecule has 11 nitrogen and oxygen atoms in total. The molecule has 0 spiro atoms. The Balaban J connectivity index is 1.55. The van der Waals surface area contributed by atoms with E-state index in [2.05, 4.69) is 25.3 Å². The molecule has 3 amide bonds. The number of hydrogen-bond acceptors (Lipinski definition) is 7. The quantitative estimate of drug-likeness (QED) is 0.226. The maximum atomic E-state index is 13.6. The van der Waals surface area contributed by atoms with E-state index in [0.717, 1.165) is 36.3 Å². The Morgan fingerprint density at radius 1 is 1.12 bits per heavy atom. The first-order valence-electron chi connectivity index (χ1n) is 14.3. The molecule has 232 valence electrons. The highest BCUT2D eigenvalue weighted by Crippen LogP contribution is 2.41. The highest BCUT2D eigenvalue weighted by Gasteiger charge is 2.32. The van der Waals surface area contributed by atoms with Gasteiger partial charge < -0.3 is 20.6 Å². The summed E-state index contributed by atoms with van der Waals surface area (Å²) in [7, 11) is -3.97. The number of anilines is 1. The van der Waals surface area contributed by atoms with Crippen molar-refractivity contribution in [3.8, 4) is 10.4 Å². The summed E-state index contributed by atoms with van der Waals surface area (Å²) in [6, 6.07) is 7.87. The third-order valence-electron chi connectivity index (χ3n) is 7.15. The van der Waals surface area contributed by atoms with Gasteiger partial charge in [-0.25, -0.2) is 27.7 Å². The highest BCUT2D eigenvalue weighted by molar-refractivity contribution is 7.89. The minimum Gasteiger partial charge on any atom is -0.465 e. The van der Waals surface area contributed by atoms with Crippen LogP contribution in [-0.4, -0.2) is 58.1 Å². The van der Waals surface area contributed by atoms with Crippen LogP contribution in [0.15, 0.2) is 53.8 Å². The average Bonchev–Trinajstić information content (AvgIpc) is 3.41. The molecular formula is C30H40N6O5S2. The summed E-state index contributed by atoms with van der Waals surface area (Å²) in [5.74, 6) is 0.176. The number of hydrogen-bond donors (Lipinski definition) is 4. The van der Waals surface area contributed by atoms with Gasteiger partial charge in [0.15, 0.2) is 0 Å². The Hall–Kier alpha value is -3.55. The summed E-state index contributed by atoms with van der Waals surface area (Å²) in [5.41, 5.74) is 0.933. The molecule has 43 heavy (non-hydrogen) atoms. The predicted molar refractivity (Wildman–Crippen MR) is 168 cm³/mol. The number of amides is 3. The van der Waals surface area contributed by atoms with E-state index in [1.165, 1.54) is 22.3 Å². The van der Waals surface area contributed by atoms with Crippen molar-refractivity contribution >= 4 is 39.2 Å². The topological polar surface area (TPSA) is 154 Å². The highest BCUT2D eigenvalue weighted by atomic mass is 32.2. The van der Waals surface area contributed by atoms with Crippen LogP contribution in [0.1, 0.15) is 76.8 Å². The number of urea groups is 1. The maximum absolute atomic E-state index is 13.6. The molecule has 2 aromatic heterocycles. The molecule has 0 bridgehead atoms. The van der Waals surface area contributed by atoms with Gasteiger partial charge in [0.25, 0.3) is 0 Å². The van der Waals surface area contributed by atoms with Crippen molar-refractivity contribution in [3.63, 3.8) is 0 Å². The van der Waals surface area contributed by atoms with E-state index in [9.17, 15) is 23.1 Å². The molecule has 0 radical (unpaired) electrons. The maximum Gasteiger partial charge on any atom is 0.407 e. The van der Waals surface area contributed by atoms with Crippen LogP contribution in [0.5, 0.6) is 0 Å². The Morgan fingerprint density at radius 2 is 1.84 bits per heavy atom. The summed E-state index contributed by atoms with van der Waals surface area (Å²) in [6.45, 7) is 9.36. The second kappa shape index (κ2) is 13.4. The van der Waals surface area contributed by atoms with Crippen LogP contribution < -0.4 is 15.4 Å². The van der Waals surface area contributed by atoms with Gasteiger partial charge in [-0.2, -0.15) is 0 Å². The Kier molecular flexibility index (Phi) is 10.1. The molecule has 2 heterocycles. The van der Waals surface area contributed by atoms with Crippen molar-refractivity contribution in [3.05, 3.63) is 59.5 Å². The van der Waals surface area contributed by atoms with E-state index in [4.69, 9.17) is 0 Å². The summed E-state index contributed by atoms with van der Waals surface area (Å²) < 4.78 is 29.9. The Morgan fingerprint density at radius 3 is 2.44 bits per heavy atom. The van der Waals surface area contributed by atoms with Gasteiger partial charge in [0.2, 0.25) is 10.0 Å². The standard InChI is InChI=1S/C30H40N6O5S2/c1-19(2)36(29(38)39)23-11-8-21(9-12-23)27-32-18-25(42-27)24-13-10-22(15-26(24)43(40,41)35-30(3,4)5)34-28(37)33-17-20-7-6-14-31-16-20/h6-7,10,13-16,18-19,21,23,35H,8-9,11-12,17H2,1-5H3,(H,38,39)(H2,33,34,37). The third-order valence-corrected chi connectivity index (χ3v) is 10.1. The number of nitrogens with zero attached hydrogens (tertiary/aromatic N) is 3. The van der Waals surface area contributed by atoms with Crippen molar-refractivity contribution in [2.45, 2.75) is 95.3 Å². The van der Waals surface area contributed by atoms with E-state index < -0.39 is 27.7 Å². The fraction of sp³-hybridized carbons (Fsp3) is 0.467. The SMILES string of the molecule is CC(C)N(C(=O)O)C1CCC(c2ncc(-c3ccc(NC(=O)NCc4cccnc4)cc3S(=O)(=O)NC(C)(C)C)s2)CC1. The van der Waals surface area contributed by atoms with Crippen molar-refractivity contribution in [1.82, 2.24) is 24.9 Å². The zero-order valence-corrected chi connectivity index (χ0v) is 26.8. The number of rotatable bonds is 9. The number of sulfonamides is 1. The van der Waals surface area contributed by atoms with Crippen LogP contribution in [0.2, 0.25) is 0 Å². The zero-order valence-electron chi connectivity index (χ0n) is 25.1. The lowest BCUT2D eigenvalue weighted by Gasteiger charge is -2.37. The molecule has 1 aliphatic rings. The molecule has 1 aromatic carbocycles. The molecule has 4 rings (SSSR count). The van der Waals surface area contributed by atoms with Gasteiger partial charge in [0.05, 0.1) is 14.8 Å². The molecule has 1 saturated carbocycles. The average molecular weight is 629 g/mol. The predicted octanol–water partition coefficient (Wildman–Crippen LogP) is 6.02. The molecule has 1 aliphatic carbocycles. The fourth-order valence-electron chi connectivity index (χ4n) is 5.34. The van der Waals surface area contributed by atoms with Gasteiger partial charge in [-0.15, -0.1) is 11.3 Å². The van der Waals surface area contributed by atoms with Gasteiger partial charge in [0, 0.05) is 59.9 Å². The second-order valence-corrected chi connectivity index (χ2v) is 14.8. The molecular weight excluding hydrogens is 589 g/mol. The Bertz CT molecular complexity index is 1530. The summed E-state index contributed by atoms with van der Waals surface area (Å²) in [5, 5.41) is 16.0.